The highest BCUT2D eigenvalue weighted by Gasteiger charge is 2.30. The van der Waals surface area contributed by atoms with Crippen molar-refractivity contribution in [3.05, 3.63) is 57.6 Å². The summed E-state index contributed by atoms with van der Waals surface area (Å²) in [6.07, 6.45) is 8.70. The van der Waals surface area contributed by atoms with Crippen molar-refractivity contribution in [1.82, 2.24) is 0 Å². The number of hydrogen-bond donors (Lipinski definition) is 2. The molecule has 0 unspecified atom stereocenters. The Morgan fingerprint density at radius 2 is 1.07 bits per heavy atom. The Balaban J connectivity index is 2.18. The molecule has 1 fully saturated rings. The van der Waals surface area contributed by atoms with E-state index in [2.05, 4.69) is 26.0 Å². The number of phenolic OH excluding ortho intramolecular Hbond substituents is 2. The molecule has 0 aromatic heterocycles. The minimum Gasteiger partial charge on any atom is -0.507 e. The molecule has 2 heteroatoms. The highest BCUT2D eigenvalue weighted by molar-refractivity contribution is 5.53. The van der Waals surface area contributed by atoms with Gasteiger partial charge in [0.05, 0.1) is 0 Å². The van der Waals surface area contributed by atoms with Crippen molar-refractivity contribution in [2.75, 3.05) is 0 Å². The second kappa shape index (κ2) is 8.37. The van der Waals surface area contributed by atoms with Gasteiger partial charge in [-0.15, -0.1) is 0 Å². The molecule has 0 amide bonds. The fourth-order valence-corrected chi connectivity index (χ4v) is 4.96. The third-order valence-electron chi connectivity index (χ3n) is 6.24. The number of aromatic hydroxyl groups is 2. The van der Waals surface area contributed by atoms with E-state index in [4.69, 9.17) is 0 Å². The summed E-state index contributed by atoms with van der Waals surface area (Å²) in [5.74, 6) is 1.28. The predicted octanol–water partition coefficient (Wildman–Crippen LogP) is 6.82. The SMILES string of the molecule is Cc1cc(C)c(O)c(C(c2cc(C)cc(C)c2O)C2CCCCCCC2)c1. The molecule has 0 radical (unpaired) electrons. The molecule has 0 aliphatic heterocycles. The van der Waals surface area contributed by atoms with E-state index in [1.54, 1.807) is 0 Å². The fraction of sp³-hybridized carbons (Fsp3) is 0.520. The Bertz CT molecular complexity index is 741. The Hall–Kier alpha value is -1.96. The summed E-state index contributed by atoms with van der Waals surface area (Å²) in [6.45, 7) is 8.13. The lowest BCUT2D eigenvalue weighted by Crippen LogP contribution is -2.17. The summed E-state index contributed by atoms with van der Waals surface area (Å²) in [5.41, 5.74) is 6.14. The van der Waals surface area contributed by atoms with Crippen LogP contribution in [0.5, 0.6) is 11.5 Å². The van der Waals surface area contributed by atoms with Gasteiger partial charge in [-0.05, 0) is 57.6 Å². The quantitative estimate of drug-likeness (QED) is 0.625. The zero-order valence-electron chi connectivity index (χ0n) is 17.3. The Morgan fingerprint density at radius 1 is 0.667 bits per heavy atom. The Kier molecular flexibility index (Phi) is 6.14. The van der Waals surface area contributed by atoms with Crippen molar-refractivity contribution >= 4 is 0 Å². The van der Waals surface area contributed by atoms with E-state index >= 15 is 0 Å². The van der Waals surface area contributed by atoms with Crippen LogP contribution in [0.15, 0.2) is 24.3 Å². The summed E-state index contributed by atoms with van der Waals surface area (Å²) >= 11 is 0. The average molecular weight is 367 g/mol. The van der Waals surface area contributed by atoms with Gasteiger partial charge in [0.25, 0.3) is 0 Å². The fourth-order valence-electron chi connectivity index (χ4n) is 4.96. The molecule has 1 saturated carbocycles. The second-order valence-corrected chi connectivity index (χ2v) is 8.62. The first-order valence-corrected chi connectivity index (χ1v) is 10.5. The van der Waals surface area contributed by atoms with Gasteiger partial charge in [-0.1, -0.05) is 67.5 Å². The molecule has 0 saturated heterocycles. The van der Waals surface area contributed by atoms with E-state index in [1.165, 1.54) is 43.2 Å². The van der Waals surface area contributed by atoms with Gasteiger partial charge in [-0.2, -0.15) is 0 Å². The van der Waals surface area contributed by atoms with Gasteiger partial charge in [-0.3, -0.25) is 0 Å². The van der Waals surface area contributed by atoms with Gasteiger partial charge in [0, 0.05) is 17.0 Å². The molecule has 0 bridgehead atoms. The summed E-state index contributed by atoms with van der Waals surface area (Å²) in [7, 11) is 0. The minimum absolute atomic E-state index is 0.0419. The maximum Gasteiger partial charge on any atom is 0.122 e. The molecule has 146 valence electrons. The van der Waals surface area contributed by atoms with Crippen molar-refractivity contribution < 1.29 is 10.2 Å². The molecule has 3 rings (SSSR count). The number of aryl methyl sites for hydroxylation is 4. The standard InChI is InChI=1S/C25H34O2/c1-16-12-18(3)24(26)21(14-16)23(20-10-8-6-5-7-9-11-20)22-15-17(2)13-19(4)25(22)27/h12-15,20,23,26-27H,5-11H2,1-4H3. The minimum atomic E-state index is 0.0419. The van der Waals surface area contributed by atoms with E-state index in [1.807, 2.05) is 26.0 Å². The van der Waals surface area contributed by atoms with Crippen molar-refractivity contribution in [2.24, 2.45) is 5.92 Å². The highest BCUT2D eigenvalue weighted by Crippen LogP contribution is 2.47. The van der Waals surface area contributed by atoms with Crippen molar-refractivity contribution in [3.8, 4) is 11.5 Å². The topological polar surface area (TPSA) is 40.5 Å². The molecular formula is C25H34O2. The third-order valence-corrected chi connectivity index (χ3v) is 6.24. The van der Waals surface area contributed by atoms with E-state index < -0.39 is 0 Å². The lowest BCUT2D eigenvalue weighted by atomic mass is 9.73. The van der Waals surface area contributed by atoms with Crippen LogP contribution in [0, 0.1) is 33.6 Å². The molecule has 2 N–H and O–H groups in total. The van der Waals surface area contributed by atoms with Gasteiger partial charge in [0.15, 0.2) is 0 Å². The summed E-state index contributed by atoms with van der Waals surface area (Å²) in [5, 5.41) is 21.9. The lowest BCUT2D eigenvalue weighted by molar-refractivity contribution is 0.334. The molecule has 0 spiro atoms. The van der Waals surface area contributed by atoms with Gasteiger partial charge in [0.1, 0.15) is 11.5 Å². The summed E-state index contributed by atoms with van der Waals surface area (Å²) in [6, 6.07) is 8.33. The van der Waals surface area contributed by atoms with E-state index in [-0.39, 0.29) is 5.92 Å². The first-order valence-electron chi connectivity index (χ1n) is 10.5. The number of phenols is 2. The number of hydrogen-bond acceptors (Lipinski definition) is 2. The van der Waals surface area contributed by atoms with Crippen molar-refractivity contribution in [3.63, 3.8) is 0 Å². The molecule has 2 nitrogen and oxygen atoms in total. The smallest absolute Gasteiger partial charge is 0.122 e. The van der Waals surface area contributed by atoms with Crippen LogP contribution in [0.4, 0.5) is 0 Å². The molecule has 1 aliphatic carbocycles. The maximum atomic E-state index is 11.0. The molecule has 27 heavy (non-hydrogen) atoms. The average Bonchev–Trinajstić information content (AvgIpc) is 2.57. The summed E-state index contributed by atoms with van der Waals surface area (Å²) in [4.78, 5) is 0. The molecule has 2 aromatic rings. The largest absolute Gasteiger partial charge is 0.507 e. The summed E-state index contributed by atoms with van der Waals surface area (Å²) < 4.78 is 0. The van der Waals surface area contributed by atoms with E-state index in [9.17, 15) is 10.2 Å². The zero-order valence-corrected chi connectivity index (χ0v) is 17.3. The van der Waals surface area contributed by atoms with Crippen LogP contribution in [0.1, 0.15) is 84.2 Å². The van der Waals surface area contributed by atoms with Crippen molar-refractivity contribution in [2.45, 2.75) is 78.6 Å². The van der Waals surface area contributed by atoms with Crippen LogP contribution < -0.4 is 0 Å². The van der Waals surface area contributed by atoms with Crippen LogP contribution >= 0.6 is 0 Å². The molecule has 2 aromatic carbocycles. The normalized spacial score (nSPS) is 16.3. The Morgan fingerprint density at radius 3 is 1.52 bits per heavy atom. The maximum absolute atomic E-state index is 11.0. The first-order chi connectivity index (χ1) is 12.9. The zero-order chi connectivity index (χ0) is 19.6. The van der Waals surface area contributed by atoms with Crippen LogP contribution in [0.2, 0.25) is 0 Å². The molecular weight excluding hydrogens is 332 g/mol. The monoisotopic (exact) mass is 366 g/mol. The van der Waals surface area contributed by atoms with Gasteiger partial charge >= 0.3 is 0 Å². The van der Waals surface area contributed by atoms with Crippen molar-refractivity contribution in [1.29, 1.82) is 0 Å². The number of benzene rings is 2. The molecule has 1 aliphatic rings. The van der Waals surface area contributed by atoms with E-state index in [0.29, 0.717) is 17.4 Å². The molecule has 0 heterocycles. The van der Waals surface area contributed by atoms with Gasteiger partial charge < -0.3 is 10.2 Å². The van der Waals surface area contributed by atoms with Crippen LogP contribution in [0.25, 0.3) is 0 Å². The van der Waals surface area contributed by atoms with Crippen LogP contribution in [-0.4, -0.2) is 10.2 Å². The lowest BCUT2D eigenvalue weighted by Gasteiger charge is -2.32. The van der Waals surface area contributed by atoms with Crippen LogP contribution in [0.3, 0.4) is 0 Å². The first kappa shape index (κ1) is 19.8. The molecule has 0 atom stereocenters. The van der Waals surface area contributed by atoms with E-state index in [0.717, 1.165) is 35.1 Å². The van der Waals surface area contributed by atoms with Gasteiger partial charge in [-0.25, -0.2) is 0 Å². The Labute approximate surface area is 164 Å². The van der Waals surface area contributed by atoms with Crippen LogP contribution in [-0.2, 0) is 0 Å². The highest BCUT2D eigenvalue weighted by atomic mass is 16.3. The van der Waals surface area contributed by atoms with Gasteiger partial charge in [0.2, 0.25) is 0 Å². The predicted molar refractivity (Wildman–Crippen MR) is 113 cm³/mol. The third kappa shape index (κ3) is 4.31. The second-order valence-electron chi connectivity index (χ2n) is 8.62. The number of rotatable bonds is 3.